The molecule has 2 rings (SSSR count). The maximum Gasteiger partial charge on any atom is 0.255 e. The molecule has 0 bridgehead atoms. The highest BCUT2D eigenvalue weighted by molar-refractivity contribution is 9.10. The van der Waals surface area contributed by atoms with Gasteiger partial charge in [-0.15, -0.1) is 11.8 Å². The fourth-order valence-electron chi connectivity index (χ4n) is 2.04. The standard InChI is InChI=1S/C18H20BrNO2S/c1-3-10-22-17-9-6-14(19)11-16(17)18(21)20-12-13-4-7-15(23-2)8-5-13/h4-9,11H,3,10,12H2,1-2H3,(H,20,21). The SMILES string of the molecule is CCCOc1ccc(Br)cc1C(=O)NCc1ccc(SC)cc1. The number of carbonyl (C=O) groups is 1. The van der Waals surface area contributed by atoms with Crippen LogP contribution in [0.3, 0.4) is 0 Å². The molecule has 0 saturated heterocycles. The molecule has 0 radical (unpaired) electrons. The number of hydrogen-bond acceptors (Lipinski definition) is 3. The maximum atomic E-state index is 12.5. The summed E-state index contributed by atoms with van der Waals surface area (Å²) < 4.78 is 6.52. The van der Waals surface area contributed by atoms with Crippen molar-refractivity contribution in [3.05, 3.63) is 58.1 Å². The molecule has 23 heavy (non-hydrogen) atoms. The monoisotopic (exact) mass is 393 g/mol. The molecule has 0 spiro atoms. The third-order valence-corrected chi connectivity index (χ3v) is 4.50. The minimum Gasteiger partial charge on any atom is -0.493 e. The number of rotatable bonds is 7. The summed E-state index contributed by atoms with van der Waals surface area (Å²) in [6.45, 7) is 3.13. The topological polar surface area (TPSA) is 38.3 Å². The second-order valence-electron chi connectivity index (χ2n) is 5.02. The number of thioether (sulfide) groups is 1. The highest BCUT2D eigenvalue weighted by Crippen LogP contribution is 2.23. The summed E-state index contributed by atoms with van der Waals surface area (Å²) in [5.74, 6) is 0.483. The first-order valence-corrected chi connectivity index (χ1v) is 9.49. The van der Waals surface area contributed by atoms with E-state index in [-0.39, 0.29) is 5.91 Å². The van der Waals surface area contributed by atoms with E-state index in [2.05, 4.69) is 33.4 Å². The van der Waals surface area contributed by atoms with Crippen LogP contribution < -0.4 is 10.1 Å². The van der Waals surface area contributed by atoms with Crippen molar-refractivity contribution in [2.75, 3.05) is 12.9 Å². The van der Waals surface area contributed by atoms with E-state index in [4.69, 9.17) is 4.74 Å². The molecule has 2 aromatic carbocycles. The quantitative estimate of drug-likeness (QED) is 0.680. The minimum absolute atomic E-state index is 0.133. The Kier molecular flexibility index (Phi) is 6.99. The van der Waals surface area contributed by atoms with Crippen molar-refractivity contribution in [2.24, 2.45) is 0 Å². The lowest BCUT2D eigenvalue weighted by molar-refractivity contribution is 0.0946. The number of amides is 1. The Morgan fingerprint density at radius 3 is 2.61 bits per heavy atom. The largest absolute Gasteiger partial charge is 0.493 e. The van der Waals surface area contributed by atoms with Gasteiger partial charge in [0.1, 0.15) is 5.75 Å². The van der Waals surface area contributed by atoms with Crippen molar-refractivity contribution < 1.29 is 9.53 Å². The zero-order valence-electron chi connectivity index (χ0n) is 13.3. The predicted molar refractivity (Wildman–Crippen MR) is 99.3 cm³/mol. The number of ether oxygens (including phenoxy) is 1. The molecule has 0 aliphatic heterocycles. The van der Waals surface area contributed by atoms with Crippen LogP contribution in [0.25, 0.3) is 0 Å². The van der Waals surface area contributed by atoms with Crippen molar-refractivity contribution >= 4 is 33.6 Å². The van der Waals surface area contributed by atoms with Gasteiger partial charge in [0, 0.05) is 15.9 Å². The van der Waals surface area contributed by atoms with E-state index in [9.17, 15) is 4.79 Å². The van der Waals surface area contributed by atoms with Crippen LogP contribution in [0.1, 0.15) is 29.3 Å². The highest BCUT2D eigenvalue weighted by atomic mass is 79.9. The third-order valence-electron chi connectivity index (χ3n) is 3.26. The van der Waals surface area contributed by atoms with Crippen LogP contribution >= 0.6 is 27.7 Å². The predicted octanol–water partition coefficient (Wildman–Crippen LogP) is 4.89. The van der Waals surface area contributed by atoms with Gasteiger partial charge in [0.15, 0.2) is 0 Å². The van der Waals surface area contributed by atoms with Gasteiger partial charge >= 0.3 is 0 Å². The molecule has 0 saturated carbocycles. The first-order valence-electron chi connectivity index (χ1n) is 7.47. The Morgan fingerprint density at radius 1 is 1.22 bits per heavy atom. The van der Waals surface area contributed by atoms with E-state index < -0.39 is 0 Å². The first kappa shape index (κ1) is 17.9. The molecule has 3 nitrogen and oxygen atoms in total. The number of halogens is 1. The second-order valence-corrected chi connectivity index (χ2v) is 6.82. The molecule has 0 aliphatic carbocycles. The molecule has 0 fully saturated rings. The Labute approximate surface area is 149 Å². The van der Waals surface area contributed by atoms with Gasteiger partial charge in [-0.1, -0.05) is 35.0 Å². The molecule has 1 N–H and O–H groups in total. The van der Waals surface area contributed by atoms with Crippen LogP contribution in [0.15, 0.2) is 51.8 Å². The summed E-state index contributed by atoms with van der Waals surface area (Å²) in [7, 11) is 0. The fourth-order valence-corrected chi connectivity index (χ4v) is 2.81. The minimum atomic E-state index is -0.133. The average molecular weight is 394 g/mol. The van der Waals surface area contributed by atoms with Gasteiger partial charge in [-0.25, -0.2) is 0 Å². The molecule has 1 amide bonds. The lowest BCUT2D eigenvalue weighted by Crippen LogP contribution is -2.23. The van der Waals surface area contributed by atoms with Crippen molar-refractivity contribution in [2.45, 2.75) is 24.8 Å². The molecule has 2 aromatic rings. The average Bonchev–Trinajstić information content (AvgIpc) is 2.59. The summed E-state index contributed by atoms with van der Waals surface area (Å²) in [5.41, 5.74) is 1.62. The van der Waals surface area contributed by atoms with Gasteiger partial charge in [-0.2, -0.15) is 0 Å². The van der Waals surface area contributed by atoms with Crippen LogP contribution in [0.4, 0.5) is 0 Å². The van der Waals surface area contributed by atoms with E-state index in [1.54, 1.807) is 17.8 Å². The normalized spacial score (nSPS) is 10.4. The summed E-state index contributed by atoms with van der Waals surface area (Å²) in [6.07, 6.45) is 2.95. The van der Waals surface area contributed by atoms with E-state index in [0.29, 0.717) is 24.5 Å². The number of benzene rings is 2. The van der Waals surface area contributed by atoms with E-state index in [0.717, 1.165) is 16.5 Å². The summed E-state index contributed by atoms with van der Waals surface area (Å²) in [4.78, 5) is 13.7. The van der Waals surface area contributed by atoms with Gasteiger partial charge in [-0.3, -0.25) is 4.79 Å². The van der Waals surface area contributed by atoms with Gasteiger partial charge in [-0.05, 0) is 48.6 Å². The smallest absolute Gasteiger partial charge is 0.255 e. The number of carbonyl (C=O) groups excluding carboxylic acids is 1. The molecular formula is C18H20BrNO2S. The third kappa shape index (κ3) is 5.29. The summed E-state index contributed by atoms with van der Waals surface area (Å²) >= 11 is 5.11. The molecule has 0 unspecified atom stereocenters. The number of hydrogen-bond donors (Lipinski definition) is 1. The molecule has 0 atom stereocenters. The Bertz CT molecular complexity index is 659. The Balaban J connectivity index is 2.05. The number of nitrogens with one attached hydrogen (secondary N) is 1. The van der Waals surface area contributed by atoms with Crippen molar-refractivity contribution in [3.63, 3.8) is 0 Å². The van der Waals surface area contributed by atoms with E-state index >= 15 is 0 Å². The van der Waals surface area contributed by atoms with Crippen LogP contribution in [0.5, 0.6) is 5.75 Å². The molecule has 122 valence electrons. The zero-order chi connectivity index (χ0) is 16.7. The van der Waals surface area contributed by atoms with Crippen LogP contribution in [-0.4, -0.2) is 18.8 Å². The first-order chi connectivity index (χ1) is 11.1. The Morgan fingerprint density at radius 2 is 1.96 bits per heavy atom. The highest BCUT2D eigenvalue weighted by Gasteiger charge is 2.13. The van der Waals surface area contributed by atoms with Crippen LogP contribution in [-0.2, 0) is 6.54 Å². The lowest BCUT2D eigenvalue weighted by atomic mass is 10.1. The van der Waals surface area contributed by atoms with Crippen molar-refractivity contribution in [1.29, 1.82) is 0 Å². The van der Waals surface area contributed by atoms with Crippen molar-refractivity contribution in [3.8, 4) is 5.75 Å². The lowest BCUT2D eigenvalue weighted by Gasteiger charge is -2.12. The van der Waals surface area contributed by atoms with Crippen LogP contribution in [0, 0.1) is 0 Å². The molecule has 0 heterocycles. The zero-order valence-corrected chi connectivity index (χ0v) is 15.7. The molecule has 5 heteroatoms. The summed E-state index contributed by atoms with van der Waals surface area (Å²) in [6, 6.07) is 13.7. The maximum absolute atomic E-state index is 12.5. The van der Waals surface area contributed by atoms with Crippen molar-refractivity contribution in [1.82, 2.24) is 5.32 Å². The van der Waals surface area contributed by atoms with Gasteiger partial charge in [0.05, 0.1) is 12.2 Å². The van der Waals surface area contributed by atoms with Gasteiger partial charge < -0.3 is 10.1 Å². The second kappa shape index (κ2) is 8.99. The Hall–Kier alpha value is -1.46. The molecule has 0 aromatic heterocycles. The van der Waals surface area contributed by atoms with E-state index in [1.165, 1.54) is 4.90 Å². The van der Waals surface area contributed by atoms with Crippen LogP contribution in [0.2, 0.25) is 0 Å². The molecular weight excluding hydrogens is 374 g/mol. The van der Waals surface area contributed by atoms with Gasteiger partial charge in [0.25, 0.3) is 5.91 Å². The fraction of sp³-hybridized carbons (Fsp3) is 0.278. The summed E-state index contributed by atoms with van der Waals surface area (Å²) in [5, 5.41) is 2.95. The van der Waals surface area contributed by atoms with E-state index in [1.807, 2.05) is 37.4 Å². The molecule has 0 aliphatic rings. The van der Waals surface area contributed by atoms with Gasteiger partial charge in [0.2, 0.25) is 0 Å².